The van der Waals surface area contributed by atoms with Gasteiger partial charge in [-0.25, -0.2) is 9.97 Å². The Balaban J connectivity index is 2.35. The number of hydrogen-bond donors (Lipinski definition) is 2. The molecule has 0 aliphatic rings. The third-order valence-electron chi connectivity index (χ3n) is 2.78. The van der Waals surface area contributed by atoms with Crippen molar-refractivity contribution in [3.63, 3.8) is 0 Å². The van der Waals surface area contributed by atoms with Gasteiger partial charge in [0.1, 0.15) is 18.2 Å². The molecule has 20 heavy (non-hydrogen) atoms. The van der Waals surface area contributed by atoms with Crippen molar-refractivity contribution in [2.45, 2.75) is 13.5 Å². The lowest BCUT2D eigenvalue weighted by molar-refractivity contribution is 0.178. The van der Waals surface area contributed by atoms with Crippen molar-refractivity contribution in [3.8, 4) is 0 Å². The molecule has 0 bridgehead atoms. The maximum absolute atomic E-state index is 6.21. The molecule has 0 atom stereocenters. The van der Waals surface area contributed by atoms with Crippen LogP contribution in [0, 0.1) is 6.92 Å². The molecule has 1 aromatic heterocycles. The topological polar surface area (TPSA) is 59.1 Å². The van der Waals surface area contributed by atoms with Gasteiger partial charge in [0.15, 0.2) is 5.82 Å². The molecule has 0 aliphatic heterocycles. The molecule has 1 heterocycles. The van der Waals surface area contributed by atoms with Crippen LogP contribution in [0.25, 0.3) is 0 Å². The van der Waals surface area contributed by atoms with E-state index in [0.29, 0.717) is 23.3 Å². The number of hydrogen-bond acceptors (Lipinski definition) is 5. The second kappa shape index (κ2) is 6.54. The number of ether oxygens (including phenoxy) is 1. The molecule has 2 aromatic rings. The molecule has 2 rings (SSSR count). The fourth-order valence-electron chi connectivity index (χ4n) is 1.80. The quantitative estimate of drug-likeness (QED) is 0.885. The molecular weight excluding hydrogens is 276 g/mol. The Bertz CT molecular complexity index is 583. The number of anilines is 3. The van der Waals surface area contributed by atoms with Crippen molar-refractivity contribution in [1.82, 2.24) is 9.97 Å². The van der Waals surface area contributed by atoms with Gasteiger partial charge in [-0.2, -0.15) is 0 Å². The highest BCUT2D eigenvalue weighted by Crippen LogP contribution is 2.28. The zero-order valence-corrected chi connectivity index (χ0v) is 12.5. The van der Waals surface area contributed by atoms with Crippen molar-refractivity contribution in [3.05, 3.63) is 40.7 Å². The number of para-hydroxylation sites is 1. The molecule has 0 spiro atoms. The van der Waals surface area contributed by atoms with Gasteiger partial charge < -0.3 is 15.4 Å². The van der Waals surface area contributed by atoms with E-state index in [1.807, 2.05) is 38.2 Å². The molecule has 0 unspecified atom stereocenters. The van der Waals surface area contributed by atoms with Crippen molar-refractivity contribution in [2.75, 3.05) is 24.8 Å². The number of methoxy groups -OCH3 is 1. The smallest absolute Gasteiger partial charge is 0.158 e. The van der Waals surface area contributed by atoms with Crippen LogP contribution in [0.2, 0.25) is 5.02 Å². The molecule has 6 heteroatoms. The summed E-state index contributed by atoms with van der Waals surface area (Å²) in [5, 5.41) is 6.89. The van der Waals surface area contributed by atoms with E-state index in [1.165, 1.54) is 0 Å². The van der Waals surface area contributed by atoms with Crippen LogP contribution < -0.4 is 10.6 Å². The van der Waals surface area contributed by atoms with Gasteiger partial charge in [0.2, 0.25) is 0 Å². The highest BCUT2D eigenvalue weighted by atomic mass is 35.5. The van der Waals surface area contributed by atoms with Gasteiger partial charge in [-0.05, 0) is 18.6 Å². The van der Waals surface area contributed by atoms with Gasteiger partial charge in [-0.3, -0.25) is 0 Å². The summed E-state index contributed by atoms with van der Waals surface area (Å²) in [6, 6.07) is 7.57. The maximum Gasteiger partial charge on any atom is 0.158 e. The number of aromatic nitrogens is 2. The van der Waals surface area contributed by atoms with Crippen molar-refractivity contribution < 1.29 is 4.74 Å². The van der Waals surface area contributed by atoms with Crippen LogP contribution in [0.15, 0.2) is 24.3 Å². The van der Waals surface area contributed by atoms with E-state index in [4.69, 9.17) is 16.3 Å². The minimum absolute atomic E-state index is 0.353. The van der Waals surface area contributed by atoms with E-state index in [9.17, 15) is 0 Å². The number of rotatable bonds is 5. The van der Waals surface area contributed by atoms with Crippen LogP contribution in [0.3, 0.4) is 0 Å². The fraction of sp³-hybridized carbons (Fsp3) is 0.286. The summed E-state index contributed by atoms with van der Waals surface area (Å²) in [7, 11) is 3.42. The lowest BCUT2D eigenvalue weighted by atomic mass is 10.2. The molecular formula is C14H17ClN4O. The summed E-state index contributed by atoms with van der Waals surface area (Å²) >= 11 is 6.21. The average molecular weight is 293 g/mol. The van der Waals surface area contributed by atoms with Crippen LogP contribution in [-0.2, 0) is 11.3 Å². The van der Waals surface area contributed by atoms with Gasteiger partial charge in [0.25, 0.3) is 0 Å². The Morgan fingerprint density at radius 2 is 2.00 bits per heavy atom. The van der Waals surface area contributed by atoms with Crippen LogP contribution >= 0.6 is 11.6 Å². The molecule has 5 nitrogen and oxygen atoms in total. The van der Waals surface area contributed by atoms with Gasteiger partial charge in [0, 0.05) is 20.2 Å². The standard InChI is InChI=1S/C14H17ClN4O/c1-9-5-4-6-10(15)14(9)19-12-7-11(16-2)17-13(18-12)8-20-3/h4-7H,8H2,1-3H3,(H2,16,17,18,19). The number of nitrogens with zero attached hydrogens (tertiary/aromatic N) is 2. The Morgan fingerprint density at radius 3 is 2.65 bits per heavy atom. The first-order valence-corrected chi connectivity index (χ1v) is 6.58. The number of nitrogens with one attached hydrogen (secondary N) is 2. The summed E-state index contributed by atoms with van der Waals surface area (Å²) in [5.74, 6) is 2.00. The minimum Gasteiger partial charge on any atom is -0.377 e. The highest BCUT2D eigenvalue weighted by molar-refractivity contribution is 6.33. The van der Waals surface area contributed by atoms with E-state index in [0.717, 1.165) is 17.1 Å². The molecule has 0 amide bonds. The third kappa shape index (κ3) is 3.37. The Labute approximate surface area is 123 Å². The molecule has 0 fully saturated rings. The first kappa shape index (κ1) is 14.6. The summed E-state index contributed by atoms with van der Waals surface area (Å²) in [5.41, 5.74) is 1.90. The second-order valence-electron chi connectivity index (χ2n) is 4.29. The Morgan fingerprint density at radius 1 is 1.25 bits per heavy atom. The first-order chi connectivity index (χ1) is 9.63. The summed E-state index contributed by atoms with van der Waals surface area (Å²) in [6.07, 6.45) is 0. The van der Waals surface area contributed by atoms with Crippen LogP contribution in [0.1, 0.15) is 11.4 Å². The lowest BCUT2D eigenvalue weighted by Gasteiger charge is -2.12. The predicted octanol–water partition coefficient (Wildman–Crippen LogP) is 3.37. The van der Waals surface area contributed by atoms with Gasteiger partial charge >= 0.3 is 0 Å². The normalized spacial score (nSPS) is 10.4. The van der Waals surface area contributed by atoms with Gasteiger partial charge in [-0.1, -0.05) is 23.7 Å². The molecule has 0 aliphatic carbocycles. The second-order valence-corrected chi connectivity index (χ2v) is 4.70. The molecule has 106 valence electrons. The molecule has 0 radical (unpaired) electrons. The first-order valence-electron chi connectivity index (χ1n) is 6.21. The van der Waals surface area contributed by atoms with Crippen LogP contribution in [0.5, 0.6) is 0 Å². The fourth-order valence-corrected chi connectivity index (χ4v) is 2.07. The number of aryl methyl sites for hydroxylation is 1. The SMILES string of the molecule is CNc1cc(Nc2c(C)cccc2Cl)nc(COC)n1. The highest BCUT2D eigenvalue weighted by Gasteiger charge is 2.08. The number of benzene rings is 1. The minimum atomic E-state index is 0.353. The summed E-state index contributed by atoms with van der Waals surface area (Å²) in [4.78, 5) is 8.71. The van der Waals surface area contributed by atoms with Gasteiger partial charge in [-0.15, -0.1) is 0 Å². The van der Waals surface area contributed by atoms with Crippen molar-refractivity contribution >= 4 is 28.9 Å². The zero-order valence-electron chi connectivity index (χ0n) is 11.7. The van der Waals surface area contributed by atoms with Crippen LogP contribution in [-0.4, -0.2) is 24.1 Å². The third-order valence-corrected chi connectivity index (χ3v) is 3.09. The average Bonchev–Trinajstić information content (AvgIpc) is 2.43. The van der Waals surface area contributed by atoms with Gasteiger partial charge in [0.05, 0.1) is 10.7 Å². The van der Waals surface area contributed by atoms with Crippen molar-refractivity contribution in [2.24, 2.45) is 0 Å². The summed E-state index contributed by atoms with van der Waals surface area (Å²) in [6.45, 7) is 2.34. The molecule has 0 saturated heterocycles. The zero-order chi connectivity index (χ0) is 14.5. The summed E-state index contributed by atoms with van der Waals surface area (Å²) < 4.78 is 5.07. The van der Waals surface area contributed by atoms with E-state index < -0.39 is 0 Å². The number of halogens is 1. The molecule has 1 aromatic carbocycles. The van der Waals surface area contributed by atoms with Crippen LogP contribution in [0.4, 0.5) is 17.3 Å². The molecule has 0 saturated carbocycles. The Kier molecular flexibility index (Phi) is 4.76. The predicted molar refractivity (Wildman–Crippen MR) is 81.8 cm³/mol. The largest absolute Gasteiger partial charge is 0.377 e. The maximum atomic E-state index is 6.21. The van der Waals surface area contributed by atoms with E-state index in [2.05, 4.69) is 20.6 Å². The monoisotopic (exact) mass is 292 g/mol. The lowest BCUT2D eigenvalue weighted by Crippen LogP contribution is -2.05. The Hall–Kier alpha value is -1.85. The van der Waals surface area contributed by atoms with E-state index >= 15 is 0 Å². The van der Waals surface area contributed by atoms with E-state index in [-0.39, 0.29) is 0 Å². The van der Waals surface area contributed by atoms with E-state index in [1.54, 1.807) is 7.11 Å². The molecule has 2 N–H and O–H groups in total. The van der Waals surface area contributed by atoms with Crippen molar-refractivity contribution in [1.29, 1.82) is 0 Å².